The van der Waals surface area contributed by atoms with Gasteiger partial charge in [0.25, 0.3) is 5.91 Å². The number of hydrogen-bond acceptors (Lipinski definition) is 5. The highest BCUT2D eigenvalue weighted by Crippen LogP contribution is 2.03. The lowest BCUT2D eigenvalue weighted by Crippen LogP contribution is -2.37. The van der Waals surface area contributed by atoms with E-state index in [0.717, 1.165) is 19.3 Å². The number of aliphatic hydroxyl groups excluding tert-OH is 1. The lowest BCUT2D eigenvalue weighted by molar-refractivity contribution is 0.0911. The van der Waals surface area contributed by atoms with Crippen LogP contribution in [0.25, 0.3) is 0 Å². The Morgan fingerprint density at radius 1 is 1.44 bits per heavy atom. The SMILES string of the molecule is CCCCC(CO)NC(=O)c1cnc(NC)nc1. The molecule has 18 heavy (non-hydrogen) atoms. The van der Waals surface area contributed by atoms with E-state index in [-0.39, 0.29) is 18.6 Å². The number of rotatable bonds is 7. The second-order valence-corrected chi connectivity index (χ2v) is 4.04. The van der Waals surface area contributed by atoms with Crippen molar-refractivity contribution >= 4 is 11.9 Å². The van der Waals surface area contributed by atoms with Crippen molar-refractivity contribution in [2.75, 3.05) is 19.0 Å². The minimum atomic E-state index is -0.257. The highest BCUT2D eigenvalue weighted by molar-refractivity contribution is 5.93. The Balaban J connectivity index is 2.56. The van der Waals surface area contributed by atoms with Gasteiger partial charge in [0.1, 0.15) is 0 Å². The Morgan fingerprint density at radius 3 is 2.61 bits per heavy atom. The molecule has 1 rings (SSSR count). The van der Waals surface area contributed by atoms with E-state index in [2.05, 4.69) is 27.5 Å². The summed E-state index contributed by atoms with van der Waals surface area (Å²) in [5.74, 6) is 0.212. The number of nitrogens with one attached hydrogen (secondary N) is 2. The summed E-state index contributed by atoms with van der Waals surface area (Å²) < 4.78 is 0. The molecule has 6 heteroatoms. The highest BCUT2D eigenvalue weighted by Gasteiger charge is 2.13. The number of amides is 1. The summed E-state index contributed by atoms with van der Waals surface area (Å²) in [5.41, 5.74) is 0.393. The normalized spacial score (nSPS) is 11.9. The smallest absolute Gasteiger partial charge is 0.254 e. The van der Waals surface area contributed by atoms with Gasteiger partial charge in [0.2, 0.25) is 5.95 Å². The van der Waals surface area contributed by atoms with Gasteiger partial charge in [0.15, 0.2) is 0 Å². The number of anilines is 1. The van der Waals surface area contributed by atoms with Gasteiger partial charge >= 0.3 is 0 Å². The number of carbonyl (C=O) groups excluding carboxylic acids is 1. The molecule has 1 unspecified atom stereocenters. The minimum absolute atomic E-state index is 0.0544. The molecule has 0 fully saturated rings. The van der Waals surface area contributed by atoms with Gasteiger partial charge in [-0.25, -0.2) is 9.97 Å². The number of aromatic nitrogens is 2. The first-order chi connectivity index (χ1) is 8.71. The topological polar surface area (TPSA) is 87.1 Å². The van der Waals surface area contributed by atoms with Crippen LogP contribution in [-0.2, 0) is 0 Å². The molecule has 0 spiro atoms. The van der Waals surface area contributed by atoms with Crippen LogP contribution in [0.3, 0.4) is 0 Å². The van der Waals surface area contributed by atoms with E-state index in [1.807, 2.05) is 0 Å². The lowest BCUT2D eigenvalue weighted by Gasteiger charge is -2.15. The molecule has 0 saturated heterocycles. The summed E-state index contributed by atoms with van der Waals surface area (Å²) in [6.45, 7) is 2.02. The van der Waals surface area contributed by atoms with Gasteiger partial charge in [-0.05, 0) is 6.42 Å². The van der Waals surface area contributed by atoms with Crippen LogP contribution in [0, 0.1) is 0 Å². The monoisotopic (exact) mass is 252 g/mol. The average molecular weight is 252 g/mol. The fraction of sp³-hybridized carbons (Fsp3) is 0.583. The lowest BCUT2D eigenvalue weighted by atomic mass is 10.1. The van der Waals surface area contributed by atoms with Crippen LogP contribution in [0.15, 0.2) is 12.4 Å². The van der Waals surface area contributed by atoms with E-state index in [4.69, 9.17) is 0 Å². The van der Waals surface area contributed by atoms with Gasteiger partial charge in [-0.1, -0.05) is 19.8 Å². The van der Waals surface area contributed by atoms with E-state index >= 15 is 0 Å². The molecule has 100 valence electrons. The maximum Gasteiger partial charge on any atom is 0.254 e. The third-order valence-electron chi connectivity index (χ3n) is 2.60. The Kier molecular flexibility index (Phi) is 6.07. The van der Waals surface area contributed by atoms with Crippen molar-refractivity contribution in [1.29, 1.82) is 0 Å². The second-order valence-electron chi connectivity index (χ2n) is 4.04. The molecule has 1 aromatic heterocycles. The van der Waals surface area contributed by atoms with Crippen molar-refractivity contribution in [3.63, 3.8) is 0 Å². The summed E-state index contributed by atoms with van der Waals surface area (Å²) in [7, 11) is 1.71. The van der Waals surface area contributed by atoms with Crippen molar-refractivity contribution in [3.05, 3.63) is 18.0 Å². The van der Waals surface area contributed by atoms with Gasteiger partial charge in [0.05, 0.1) is 18.2 Å². The molecule has 0 aliphatic heterocycles. The van der Waals surface area contributed by atoms with Crippen LogP contribution in [0.4, 0.5) is 5.95 Å². The van der Waals surface area contributed by atoms with Crippen LogP contribution in [0.2, 0.25) is 0 Å². The molecule has 1 heterocycles. The molecule has 0 aliphatic rings. The fourth-order valence-corrected chi connectivity index (χ4v) is 1.50. The van der Waals surface area contributed by atoms with Crippen LogP contribution < -0.4 is 10.6 Å². The van der Waals surface area contributed by atoms with E-state index in [9.17, 15) is 9.90 Å². The molecule has 0 radical (unpaired) electrons. The van der Waals surface area contributed by atoms with Gasteiger partial charge in [0, 0.05) is 19.4 Å². The molecular weight excluding hydrogens is 232 g/mol. The van der Waals surface area contributed by atoms with Crippen molar-refractivity contribution < 1.29 is 9.90 Å². The molecule has 3 N–H and O–H groups in total. The maximum absolute atomic E-state index is 11.9. The van der Waals surface area contributed by atoms with Crippen LogP contribution in [0.5, 0.6) is 0 Å². The first-order valence-corrected chi connectivity index (χ1v) is 6.12. The average Bonchev–Trinajstić information content (AvgIpc) is 2.43. The van der Waals surface area contributed by atoms with Gasteiger partial charge in [-0.2, -0.15) is 0 Å². The first-order valence-electron chi connectivity index (χ1n) is 6.12. The summed E-state index contributed by atoms with van der Waals surface area (Å²) >= 11 is 0. The van der Waals surface area contributed by atoms with E-state index < -0.39 is 0 Å². The third kappa shape index (κ3) is 4.29. The molecular formula is C12H20N4O2. The number of unbranched alkanes of at least 4 members (excludes halogenated alkanes) is 1. The Bertz CT molecular complexity index is 367. The van der Waals surface area contributed by atoms with Gasteiger partial charge in [-0.3, -0.25) is 4.79 Å². The summed E-state index contributed by atoms with van der Waals surface area (Å²) in [5, 5.41) is 14.7. The standard InChI is InChI=1S/C12H20N4O2/c1-3-4-5-10(8-17)16-11(18)9-6-14-12(13-2)15-7-9/h6-7,10,17H,3-5,8H2,1-2H3,(H,16,18)(H,13,14,15). The molecule has 0 aliphatic carbocycles. The summed E-state index contributed by atoms with van der Waals surface area (Å²) in [6.07, 6.45) is 5.70. The molecule has 0 aromatic carbocycles. The Hall–Kier alpha value is -1.69. The maximum atomic E-state index is 11.9. The number of nitrogens with zero attached hydrogens (tertiary/aromatic N) is 2. The highest BCUT2D eigenvalue weighted by atomic mass is 16.3. The molecule has 0 bridgehead atoms. The largest absolute Gasteiger partial charge is 0.394 e. The molecule has 1 amide bonds. The summed E-state index contributed by atoms with van der Waals surface area (Å²) in [6, 6.07) is -0.207. The molecule has 1 aromatic rings. The summed E-state index contributed by atoms with van der Waals surface area (Å²) in [4.78, 5) is 19.8. The zero-order chi connectivity index (χ0) is 13.4. The van der Waals surface area contributed by atoms with Crippen LogP contribution >= 0.6 is 0 Å². The fourth-order valence-electron chi connectivity index (χ4n) is 1.50. The number of carbonyl (C=O) groups is 1. The number of hydrogen-bond donors (Lipinski definition) is 3. The molecule has 0 saturated carbocycles. The van der Waals surface area contributed by atoms with E-state index in [0.29, 0.717) is 11.5 Å². The first kappa shape index (κ1) is 14.4. The van der Waals surface area contributed by atoms with Crippen LogP contribution in [0.1, 0.15) is 36.5 Å². The molecule has 1 atom stereocenters. The Morgan fingerprint density at radius 2 is 2.11 bits per heavy atom. The quantitative estimate of drug-likeness (QED) is 0.668. The Labute approximate surface area is 107 Å². The zero-order valence-corrected chi connectivity index (χ0v) is 10.8. The predicted molar refractivity (Wildman–Crippen MR) is 69.4 cm³/mol. The van der Waals surface area contributed by atoms with Crippen LogP contribution in [-0.4, -0.2) is 40.7 Å². The van der Waals surface area contributed by atoms with E-state index in [1.54, 1.807) is 7.05 Å². The third-order valence-corrected chi connectivity index (χ3v) is 2.60. The van der Waals surface area contributed by atoms with Gasteiger partial charge < -0.3 is 15.7 Å². The zero-order valence-electron chi connectivity index (χ0n) is 10.8. The van der Waals surface area contributed by atoms with Gasteiger partial charge in [-0.15, -0.1) is 0 Å². The van der Waals surface area contributed by atoms with E-state index in [1.165, 1.54) is 12.4 Å². The number of aliphatic hydroxyl groups is 1. The van der Waals surface area contributed by atoms with Crippen molar-refractivity contribution in [1.82, 2.24) is 15.3 Å². The second kappa shape index (κ2) is 7.60. The van der Waals surface area contributed by atoms with Crippen molar-refractivity contribution in [2.24, 2.45) is 0 Å². The predicted octanol–water partition coefficient (Wildman–Crippen LogP) is 0.799. The van der Waals surface area contributed by atoms with Crippen molar-refractivity contribution in [3.8, 4) is 0 Å². The molecule has 6 nitrogen and oxygen atoms in total. The minimum Gasteiger partial charge on any atom is -0.394 e. The van der Waals surface area contributed by atoms with Crippen molar-refractivity contribution in [2.45, 2.75) is 32.2 Å².